The predicted octanol–water partition coefficient (Wildman–Crippen LogP) is 3.31. The first-order chi connectivity index (χ1) is 6.52. The first-order valence-electron chi connectivity index (χ1n) is 5.84. The molecule has 0 spiro atoms. The van der Waals surface area contributed by atoms with Gasteiger partial charge in [0.2, 0.25) is 0 Å². The monoisotopic (exact) mass is 217 g/mol. The van der Waals surface area contributed by atoms with Gasteiger partial charge in [-0.1, -0.05) is 27.2 Å². The van der Waals surface area contributed by atoms with Crippen LogP contribution in [0.15, 0.2) is 0 Å². The molecule has 0 saturated heterocycles. The van der Waals surface area contributed by atoms with Gasteiger partial charge < -0.3 is 4.90 Å². The molecule has 0 heterocycles. The lowest BCUT2D eigenvalue weighted by Crippen LogP contribution is -2.37. The topological polar surface area (TPSA) is 3.24 Å². The Morgan fingerprint density at radius 3 is 2.14 bits per heavy atom. The number of rotatable bonds is 7. The summed E-state index contributed by atoms with van der Waals surface area (Å²) in [7, 11) is 2.23. The Hall–Kier alpha value is 0.310. The first kappa shape index (κ1) is 14.3. The van der Waals surface area contributed by atoms with Gasteiger partial charge in [-0.2, -0.15) is 12.6 Å². The van der Waals surface area contributed by atoms with Gasteiger partial charge in [0.25, 0.3) is 0 Å². The van der Waals surface area contributed by atoms with E-state index in [2.05, 4.69) is 52.3 Å². The second-order valence-corrected chi connectivity index (χ2v) is 5.13. The van der Waals surface area contributed by atoms with Crippen molar-refractivity contribution in [3.05, 3.63) is 0 Å². The molecule has 0 aliphatic carbocycles. The van der Waals surface area contributed by atoms with E-state index in [9.17, 15) is 0 Å². The van der Waals surface area contributed by atoms with E-state index in [-0.39, 0.29) is 0 Å². The average Bonchev–Trinajstić information content (AvgIpc) is 2.15. The molecule has 0 saturated carbocycles. The minimum absolute atomic E-state index is 0.675. The summed E-state index contributed by atoms with van der Waals surface area (Å²) in [5.74, 6) is 2.51. The molecular weight excluding hydrogens is 190 g/mol. The summed E-state index contributed by atoms with van der Waals surface area (Å²) in [6.07, 6.45) is 2.58. The largest absolute Gasteiger partial charge is 0.303 e. The van der Waals surface area contributed by atoms with Crippen molar-refractivity contribution in [2.45, 2.75) is 46.6 Å². The molecule has 0 radical (unpaired) electrons. The minimum Gasteiger partial charge on any atom is -0.303 e. The Labute approximate surface area is 95.7 Å². The Bertz CT molecular complexity index is 136. The molecule has 0 aromatic rings. The zero-order chi connectivity index (χ0) is 11.1. The summed E-state index contributed by atoms with van der Waals surface area (Å²) in [6.45, 7) is 10.3. The van der Waals surface area contributed by atoms with E-state index in [1.807, 2.05) is 0 Å². The Morgan fingerprint density at radius 2 is 1.79 bits per heavy atom. The van der Waals surface area contributed by atoms with Crippen molar-refractivity contribution in [3.63, 3.8) is 0 Å². The van der Waals surface area contributed by atoms with Crippen LogP contribution in [0.3, 0.4) is 0 Å². The Kier molecular flexibility index (Phi) is 7.75. The van der Waals surface area contributed by atoms with Crippen LogP contribution in [-0.4, -0.2) is 30.3 Å². The molecule has 0 aromatic carbocycles. The molecule has 14 heavy (non-hydrogen) atoms. The minimum atomic E-state index is 0.675. The first-order valence-corrected chi connectivity index (χ1v) is 6.47. The standard InChI is InChI=1S/C12H27NS/c1-6-7-12(9-14)8-13(5)11(4)10(2)3/h10-12,14H,6-9H2,1-5H3. The summed E-state index contributed by atoms with van der Waals surface area (Å²) in [5, 5.41) is 0. The van der Waals surface area contributed by atoms with Crippen LogP contribution in [0.25, 0.3) is 0 Å². The van der Waals surface area contributed by atoms with Crippen LogP contribution in [0.4, 0.5) is 0 Å². The maximum Gasteiger partial charge on any atom is 0.00870 e. The van der Waals surface area contributed by atoms with E-state index in [1.165, 1.54) is 19.4 Å². The van der Waals surface area contributed by atoms with Gasteiger partial charge in [-0.3, -0.25) is 0 Å². The maximum atomic E-state index is 4.42. The molecule has 0 aliphatic heterocycles. The molecule has 86 valence electrons. The van der Waals surface area contributed by atoms with Crippen molar-refractivity contribution < 1.29 is 0 Å². The van der Waals surface area contributed by atoms with Crippen LogP contribution in [0, 0.1) is 11.8 Å². The summed E-state index contributed by atoms with van der Waals surface area (Å²) < 4.78 is 0. The fourth-order valence-electron chi connectivity index (χ4n) is 1.73. The van der Waals surface area contributed by atoms with Gasteiger partial charge in [0, 0.05) is 12.6 Å². The van der Waals surface area contributed by atoms with E-state index in [4.69, 9.17) is 0 Å². The highest BCUT2D eigenvalue weighted by Crippen LogP contribution is 2.14. The number of thiol groups is 1. The van der Waals surface area contributed by atoms with Crippen LogP contribution in [0.1, 0.15) is 40.5 Å². The SMILES string of the molecule is CCCC(CS)CN(C)C(C)C(C)C. The summed E-state index contributed by atoms with van der Waals surface area (Å²) in [5.41, 5.74) is 0. The lowest BCUT2D eigenvalue weighted by atomic mass is 10.0. The van der Waals surface area contributed by atoms with Gasteiger partial charge in [0.1, 0.15) is 0 Å². The van der Waals surface area contributed by atoms with Gasteiger partial charge in [0.15, 0.2) is 0 Å². The second-order valence-electron chi connectivity index (χ2n) is 4.76. The van der Waals surface area contributed by atoms with E-state index in [1.54, 1.807) is 0 Å². The third-order valence-corrected chi connectivity index (χ3v) is 3.68. The molecule has 0 aliphatic rings. The van der Waals surface area contributed by atoms with Crippen LogP contribution >= 0.6 is 12.6 Å². The van der Waals surface area contributed by atoms with Crippen LogP contribution in [0.5, 0.6) is 0 Å². The second kappa shape index (κ2) is 7.58. The molecule has 0 bridgehead atoms. The molecule has 2 atom stereocenters. The number of hydrogen-bond donors (Lipinski definition) is 1. The highest BCUT2D eigenvalue weighted by molar-refractivity contribution is 7.80. The van der Waals surface area contributed by atoms with E-state index in [0.29, 0.717) is 6.04 Å². The van der Waals surface area contributed by atoms with Gasteiger partial charge in [-0.25, -0.2) is 0 Å². The van der Waals surface area contributed by atoms with E-state index < -0.39 is 0 Å². The predicted molar refractivity (Wildman–Crippen MR) is 69.2 cm³/mol. The van der Waals surface area contributed by atoms with E-state index in [0.717, 1.165) is 17.6 Å². The van der Waals surface area contributed by atoms with Crippen molar-refractivity contribution in [2.75, 3.05) is 19.3 Å². The van der Waals surface area contributed by atoms with Gasteiger partial charge >= 0.3 is 0 Å². The molecule has 0 rings (SSSR count). The molecule has 0 aromatic heterocycles. The smallest absolute Gasteiger partial charge is 0.00870 e. The highest BCUT2D eigenvalue weighted by Gasteiger charge is 2.16. The van der Waals surface area contributed by atoms with Crippen molar-refractivity contribution in [2.24, 2.45) is 11.8 Å². The van der Waals surface area contributed by atoms with Gasteiger partial charge in [-0.15, -0.1) is 0 Å². The van der Waals surface area contributed by atoms with Crippen LogP contribution < -0.4 is 0 Å². The molecule has 0 fully saturated rings. The Morgan fingerprint density at radius 1 is 1.21 bits per heavy atom. The Balaban J connectivity index is 3.94. The van der Waals surface area contributed by atoms with Crippen LogP contribution in [0.2, 0.25) is 0 Å². The van der Waals surface area contributed by atoms with Gasteiger partial charge in [-0.05, 0) is 38.0 Å². The molecule has 0 amide bonds. The molecule has 2 heteroatoms. The number of hydrogen-bond acceptors (Lipinski definition) is 2. The summed E-state index contributed by atoms with van der Waals surface area (Å²) in [6, 6.07) is 0.675. The van der Waals surface area contributed by atoms with Crippen molar-refractivity contribution in [1.82, 2.24) is 4.90 Å². The van der Waals surface area contributed by atoms with Crippen LogP contribution in [-0.2, 0) is 0 Å². The normalized spacial score (nSPS) is 16.3. The zero-order valence-corrected chi connectivity index (χ0v) is 11.3. The molecule has 2 unspecified atom stereocenters. The lowest BCUT2D eigenvalue weighted by Gasteiger charge is -2.30. The zero-order valence-electron chi connectivity index (χ0n) is 10.5. The molecular formula is C12H27NS. The molecule has 0 N–H and O–H groups in total. The highest BCUT2D eigenvalue weighted by atomic mass is 32.1. The quantitative estimate of drug-likeness (QED) is 0.640. The van der Waals surface area contributed by atoms with Crippen molar-refractivity contribution >= 4 is 12.6 Å². The number of nitrogens with zero attached hydrogens (tertiary/aromatic N) is 1. The third kappa shape index (κ3) is 5.26. The summed E-state index contributed by atoms with van der Waals surface area (Å²) >= 11 is 4.42. The fraction of sp³-hybridized carbons (Fsp3) is 1.00. The lowest BCUT2D eigenvalue weighted by molar-refractivity contribution is 0.181. The third-order valence-electron chi connectivity index (χ3n) is 3.16. The van der Waals surface area contributed by atoms with Crippen molar-refractivity contribution in [1.29, 1.82) is 0 Å². The van der Waals surface area contributed by atoms with Crippen molar-refractivity contribution in [3.8, 4) is 0 Å². The maximum absolute atomic E-state index is 4.42. The van der Waals surface area contributed by atoms with E-state index >= 15 is 0 Å². The van der Waals surface area contributed by atoms with Gasteiger partial charge in [0.05, 0.1) is 0 Å². The average molecular weight is 217 g/mol. The fourth-order valence-corrected chi connectivity index (χ4v) is 2.03. The molecule has 1 nitrogen and oxygen atoms in total. The summed E-state index contributed by atoms with van der Waals surface area (Å²) in [4.78, 5) is 2.47.